The highest BCUT2D eigenvalue weighted by molar-refractivity contribution is 7.71. The molecule has 0 saturated heterocycles. The zero-order valence-electron chi connectivity index (χ0n) is 13.6. The van der Waals surface area contributed by atoms with Crippen LogP contribution in [0.5, 0.6) is 0 Å². The van der Waals surface area contributed by atoms with Gasteiger partial charge in [-0.2, -0.15) is 0 Å². The van der Waals surface area contributed by atoms with Crippen molar-refractivity contribution in [2.24, 2.45) is 17.3 Å². The first kappa shape index (κ1) is 16.6. The van der Waals surface area contributed by atoms with Crippen molar-refractivity contribution in [3.8, 4) is 5.69 Å². The molecule has 10 heteroatoms. The lowest BCUT2D eigenvalue weighted by Crippen LogP contribution is -2.19. The number of azo groups is 1. The molecule has 3 rings (SSSR count). The average Bonchev–Trinajstić information content (AvgIpc) is 2.78. The maximum Gasteiger partial charge on any atom is 0.299 e. The van der Waals surface area contributed by atoms with Crippen LogP contribution >= 0.6 is 12.2 Å². The maximum atomic E-state index is 12.7. The van der Waals surface area contributed by atoms with Gasteiger partial charge < -0.3 is 16.5 Å². The lowest BCUT2D eigenvalue weighted by Gasteiger charge is -2.07. The van der Waals surface area contributed by atoms with Gasteiger partial charge in [0.2, 0.25) is 0 Å². The highest BCUT2D eigenvalue weighted by Crippen LogP contribution is 2.27. The van der Waals surface area contributed by atoms with Crippen LogP contribution in [-0.2, 0) is 7.05 Å². The summed E-state index contributed by atoms with van der Waals surface area (Å²) in [5.74, 6) is 0.181. The zero-order chi connectivity index (χ0) is 18.1. The fourth-order valence-corrected chi connectivity index (χ4v) is 2.59. The van der Waals surface area contributed by atoms with Gasteiger partial charge >= 0.3 is 0 Å². The molecule has 3 aromatic rings. The fraction of sp³-hybridized carbons (Fsp3) is 0.133. The molecule has 0 aliphatic heterocycles. The van der Waals surface area contributed by atoms with Gasteiger partial charge in [-0.1, -0.05) is 18.2 Å². The number of aromatic nitrogens is 4. The second-order valence-electron chi connectivity index (χ2n) is 5.30. The molecule has 5 N–H and O–H groups in total. The molecule has 0 radical (unpaired) electrons. The molecule has 128 valence electrons. The molecule has 0 aliphatic rings. The molecule has 0 aliphatic carbocycles. The molecule has 0 fully saturated rings. The van der Waals surface area contributed by atoms with Crippen molar-refractivity contribution >= 4 is 35.2 Å². The maximum absolute atomic E-state index is 12.7. The lowest BCUT2D eigenvalue weighted by atomic mass is 10.3. The number of hydrogen-bond acceptors (Lipinski definition) is 7. The van der Waals surface area contributed by atoms with Crippen LogP contribution in [0, 0.1) is 11.7 Å². The third kappa shape index (κ3) is 2.94. The van der Waals surface area contributed by atoms with Crippen LogP contribution in [0.1, 0.15) is 5.69 Å². The van der Waals surface area contributed by atoms with E-state index < -0.39 is 0 Å². The summed E-state index contributed by atoms with van der Waals surface area (Å²) in [6, 6.07) is 9.25. The van der Waals surface area contributed by atoms with E-state index in [0.717, 1.165) is 5.69 Å². The van der Waals surface area contributed by atoms with Crippen LogP contribution in [0.2, 0.25) is 0 Å². The van der Waals surface area contributed by atoms with E-state index in [1.54, 1.807) is 18.7 Å². The van der Waals surface area contributed by atoms with E-state index in [2.05, 4.69) is 20.2 Å². The smallest absolute Gasteiger partial charge is 0.299 e. The van der Waals surface area contributed by atoms with Crippen LogP contribution < -0.4 is 17.0 Å². The van der Waals surface area contributed by atoms with Crippen molar-refractivity contribution in [1.82, 2.24) is 19.3 Å². The van der Waals surface area contributed by atoms with E-state index in [-0.39, 0.29) is 33.3 Å². The molecular weight excluding hydrogens is 340 g/mol. The first-order valence-electron chi connectivity index (χ1n) is 7.31. The highest BCUT2D eigenvalue weighted by Gasteiger charge is 2.16. The molecular formula is C15H16N8OS. The molecule has 0 atom stereocenters. The minimum atomic E-state index is -0.302. The largest absolute Gasteiger partial charge is 0.383 e. The van der Waals surface area contributed by atoms with Crippen LogP contribution in [0.3, 0.4) is 0 Å². The van der Waals surface area contributed by atoms with E-state index in [1.807, 2.05) is 30.3 Å². The summed E-state index contributed by atoms with van der Waals surface area (Å²) in [4.78, 5) is 19.3. The monoisotopic (exact) mass is 356 g/mol. The Balaban J connectivity index is 2.12. The number of nitrogens with one attached hydrogen (secondary N) is 1. The van der Waals surface area contributed by atoms with Gasteiger partial charge in [-0.15, -0.1) is 10.2 Å². The van der Waals surface area contributed by atoms with Crippen molar-refractivity contribution < 1.29 is 0 Å². The predicted molar refractivity (Wildman–Crippen MR) is 98.2 cm³/mol. The van der Waals surface area contributed by atoms with E-state index >= 15 is 0 Å². The number of nitrogen functional groups attached to an aromatic ring is 2. The Hall–Kier alpha value is -3.27. The summed E-state index contributed by atoms with van der Waals surface area (Å²) >= 11 is 4.88. The molecule has 1 aromatic carbocycles. The van der Waals surface area contributed by atoms with Gasteiger partial charge in [0.15, 0.2) is 22.0 Å². The standard InChI is InChI=1S/C15H16N8OS/c1-8-10(20-21-11-12(16)18-15(25)19-13(11)17)14(24)23(22(8)2)9-6-4-3-5-7-9/h3-7H,1-2H3,(H5,16,17,18,19,25). The van der Waals surface area contributed by atoms with Crippen LogP contribution in [0.15, 0.2) is 45.4 Å². The van der Waals surface area contributed by atoms with Crippen molar-refractivity contribution in [3.05, 3.63) is 51.2 Å². The molecule has 9 nitrogen and oxygen atoms in total. The number of nitrogens with two attached hydrogens (primary N) is 2. The van der Waals surface area contributed by atoms with Crippen molar-refractivity contribution in [2.45, 2.75) is 6.92 Å². The number of H-pyrrole nitrogens is 1. The van der Waals surface area contributed by atoms with Crippen LogP contribution in [0.25, 0.3) is 5.69 Å². The van der Waals surface area contributed by atoms with Gasteiger partial charge in [0.1, 0.15) is 5.82 Å². The Morgan fingerprint density at radius 3 is 2.44 bits per heavy atom. The van der Waals surface area contributed by atoms with Gasteiger partial charge in [-0.25, -0.2) is 9.67 Å². The van der Waals surface area contributed by atoms with Gasteiger partial charge in [0, 0.05) is 7.05 Å². The van der Waals surface area contributed by atoms with Gasteiger partial charge in [0.05, 0.1) is 11.4 Å². The molecule has 0 saturated carbocycles. The Labute approximate surface area is 147 Å². The van der Waals surface area contributed by atoms with Gasteiger partial charge in [0.25, 0.3) is 5.56 Å². The predicted octanol–water partition coefficient (Wildman–Crippen LogP) is 2.52. The van der Waals surface area contributed by atoms with Gasteiger partial charge in [-0.3, -0.25) is 9.48 Å². The zero-order valence-corrected chi connectivity index (χ0v) is 14.4. The third-order valence-corrected chi connectivity index (χ3v) is 3.93. The average molecular weight is 356 g/mol. The Kier molecular flexibility index (Phi) is 4.19. The number of hydrogen-bond donors (Lipinski definition) is 3. The molecule has 0 amide bonds. The highest BCUT2D eigenvalue weighted by atomic mass is 32.1. The second kappa shape index (κ2) is 6.32. The summed E-state index contributed by atoms with van der Waals surface area (Å²) in [6.07, 6.45) is 0. The Morgan fingerprint density at radius 2 is 1.80 bits per heavy atom. The first-order valence-corrected chi connectivity index (χ1v) is 7.72. The number of anilines is 2. The molecule has 0 unspecified atom stereocenters. The number of nitrogens with zero attached hydrogens (tertiary/aromatic N) is 5. The third-order valence-electron chi connectivity index (χ3n) is 3.74. The van der Waals surface area contributed by atoms with E-state index in [1.165, 1.54) is 4.68 Å². The number of aromatic amines is 1. The Bertz CT molecular complexity index is 1050. The topological polar surface area (TPSA) is 132 Å². The first-order chi connectivity index (χ1) is 11.9. The Morgan fingerprint density at radius 1 is 1.16 bits per heavy atom. The minimum absolute atomic E-state index is 0.0435. The summed E-state index contributed by atoms with van der Waals surface area (Å²) in [5, 5.41) is 8.05. The summed E-state index contributed by atoms with van der Waals surface area (Å²) in [5.41, 5.74) is 13.0. The van der Waals surface area contributed by atoms with Crippen LogP contribution in [0.4, 0.5) is 23.0 Å². The van der Waals surface area contributed by atoms with E-state index in [9.17, 15) is 4.79 Å². The minimum Gasteiger partial charge on any atom is -0.383 e. The molecule has 2 aromatic heterocycles. The van der Waals surface area contributed by atoms with Crippen molar-refractivity contribution in [2.75, 3.05) is 11.5 Å². The number of para-hydroxylation sites is 1. The second-order valence-corrected chi connectivity index (χ2v) is 5.69. The lowest BCUT2D eigenvalue weighted by molar-refractivity contribution is 0.630. The van der Waals surface area contributed by atoms with Crippen LogP contribution in [-0.4, -0.2) is 19.3 Å². The van der Waals surface area contributed by atoms with Gasteiger partial charge in [-0.05, 0) is 31.3 Å². The quantitative estimate of drug-likeness (QED) is 0.490. The summed E-state index contributed by atoms with van der Waals surface area (Å²) in [6.45, 7) is 1.78. The molecule has 2 heterocycles. The normalized spacial score (nSPS) is 11.3. The molecule has 0 spiro atoms. The van der Waals surface area contributed by atoms with Crippen molar-refractivity contribution in [3.63, 3.8) is 0 Å². The summed E-state index contributed by atoms with van der Waals surface area (Å²) in [7, 11) is 1.77. The molecule has 0 bridgehead atoms. The molecule has 25 heavy (non-hydrogen) atoms. The number of benzene rings is 1. The van der Waals surface area contributed by atoms with Crippen molar-refractivity contribution in [1.29, 1.82) is 0 Å². The van der Waals surface area contributed by atoms with E-state index in [0.29, 0.717) is 5.69 Å². The number of rotatable bonds is 3. The SMILES string of the molecule is Cc1c(N=Nc2c(N)nc(=S)[nH]c2N)c(=O)n(-c2ccccc2)n1C. The fourth-order valence-electron chi connectivity index (χ4n) is 2.38. The summed E-state index contributed by atoms with van der Waals surface area (Å²) < 4.78 is 3.36. The van der Waals surface area contributed by atoms with E-state index in [4.69, 9.17) is 23.7 Å².